The lowest BCUT2D eigenvalue weighted by Gasteiger charge is -2.26. The van der Waals surface area contributed by atoms with E-state index in [2.05, 4.69) is 60.7 Å². The second kappa shape index (κ2) is 6.37. The van der Waals surface area contributed by atoms with Crippen LogP contribution in [0.2, 0.25) is 0 Å². The van der Waals surface area contributed by atoms with E-state index in [9.17, 15) is 9.59 Å². The molecule has 4 bridgehead atoms. The van der Waals surface area contributed by atoms with E-state index in [-0.39, 0.29) is 23.4 Å². The predicted octanol–water partition coefficient (Wildman–Crippen LogP) is 6.31. The van der Waals surface area contributed by atoms with Crippen molar-refractivity contribution >= 4 is 39.2 Å². The molecule has 0 spiro atoms. The van der Waals surface area contributed by atoms with Gasteiger partial charge in [0, 0.05) is 11.8 Å². The Morgan fingerprint density at radius 1 is 0.531 bits per heavy atom. The Balaban J connectivity index is 1.58. The monoisotopic (exact) mass is 412 g/mol. The van der Waals surface area contributed by atoms with Crippen LogP contribution in [0.4, 0.5) is 0 Å². The fourth-order valence-corrected chi connectivity index (χ4v) is 6.04. The van der Waals surface area contributed by atoms with Crippen LogP contribution in [0.25, 0.3) is 27.6 Å². The number of allylic oxidation sites excluding steroid dienone is 3. The van der Waals surface area contributed by atoms with Gasteiger partial charge in [0.15, 0.2) is 5.78 Å². The van der Waals surface area contributed by atoms with Gasteiger partial charge < -0.3 is 0 Å². The van der Waals surface area contributed by atoms with Crippen molar-refractivity contribution in [2.75, 3.05) is 0 Å². The molecule has 0 radical (unpaired) electrons. The average Bonchev–Trinajstić information content (AvgIpc) is 3.08. The van der Waals surface area contributed by atoms with Crippen LogP contribution in [0, 0.1) is 5.92 Å². The summed E-state index contributed by atoms with van der Waals surface area (Å²) in [5.74, 6) is -1.18. The van der Waals surface area contributed by atoms with Crippen molar-refractivity contribution in [2.24, 2.45) is 5.92 Å². The topological polar surface area (TPSA) is 34.1 Å². The standard InChI is InChI=1S/C30H20O2/c31-27-12-11-22-23-10-9-21-13-17-5-1-2-6-18(17)14-24(21)29(30(23)32)28(27)26-16-20-8-4-3-7-19(20)15-25(22)26/h1-16,22-23,28-29H/t22-,23-,28+,29+/m1/s1. The van der Waals surface area contributed by atoms with E-state index in [0.717, 1.165) is 43.8 Å². The first-order chi connectivity index (χ1) is 15.7. The van der Waals surface area contributed by atoms with Gasteiger partial charge in [0.05, 0.1) is 11.8 Å². The van der Waals surface area contributed by atoms with Gasteiger partial charge in [-0.2, -0.15) is 0 Å². The van der Waals surface area contributed by atoms with Crippen LogP contribution in [0.3, 0.4) is 0 Å². The molecule has 2 nitrogen and oxygen atoms in total. The highest BCUT2D eigenvalue weighted by atomic mass is 16.1. The summed E-state index contributed by atoms with van der Waals surface area (Å²) in [6.45, 7) is 0. The SMILES string of the molecule is O=C1C=C[C@H]2c3cc4ccccc4cc3[C@@H]1[C@H]1C(=O)[C@@H]2C=Cc2cc3ccccc3cc21. The van der Waals surface area contributed by atoms with E-state index in [1.807, 2.05) is 30.3 Å². The number of benzene rings is 4. The third-order valence-corrected chi connectivity index (χ3v) is 7.54. The highest BCUT2D eigenvalue weighted by molar-refractivity contribution is 6.08. The van der Waals surface area contributed by atoms with Crippen LogP contribution in [0.5, 0.6) is 0 Å². The Hall–Kier alpha value is -3.78. The average molecular weight is 412 g/mol. The number of carbonyl (C=O) groups is 2. The van der Waals surface area contributed by atoms with Crippen molar-refractivity contribution in [2.45, 2.75) is 17.8 Å². The predicted molar refractivity (Wildman–Crippen MR) is 128 cm³/mol. The Labute approximate surface area is 185 Å². The minimum atomic E-state index is -0.492. The van der Waals surface area contributed by atoms with Crippen LogP contribution < -0.4 is 0 Å². The van der Waals surface area contributed by atoms with Gasteiger partial charge >= 0.3 is 0 Å². The summed E-state index contributed by atoms with van der Waals surface area (Å²) >= 11 is 0. The number of carbonyl (C=O) groups excluding carboxylic acids is 2. The summed E-state index contributed by atoms with van der Waals surface area (Å²) in [6, 6.07) is 25.1. The molecular weight excluding hydrogens is 392 g/mol. The summed E-state index contributed by atoms with van der Waals surface area (Å²) in [5, 5.41) is 4.51. The largest absolute Gasteiger partial charge is 0.298 e. The van der Waals surface area contributed by atoms with Crippen LogP contribution in [0.15, 0.2) is 91.0 Å². The van der Waals surface area contributed by atoms with E-state index in [4.69, 9.17) is 0 Å². The lowest BCUT2D eigenvalue weighted by atomic mass is 9.74. The van der Waals surface area contributed by atoms with Crippen LogP contribution in [0.1, 0.15) is 40.0 Å². The molecule has 0 unspecified atom stereocenters. The van der Waals surface area contributed by atoms with E-state index >= 15 is 0 Å². The molecule has 7 rings (SSSR count). The van der Waals surface area contributed by atoms with E-state index in [1.165, 1.54) is 0 Å². The van der Waals surface area contributed by atoms with E-state index < -0.39 is 11.8 Å². The van der Waals surface area contributed by atoms with Crippen molar-refractivity contribution < 1.29 is 9.59 Å². The van der Waals surface area contributed by atoms with Crippen molar-refractivity contribution in [1.82, 2.24) is 0 Å². The van der Waals surface area contributed by atoms with Gasteiger partial charge in [-0.25, -0.2) is 0 Å². The molecule has 0 fully saturated rings. The molecule has 4 aromatic carbocycles. The summed E-state index contributed by atoms with van der Waals surface area (Å²) in [5.41, 5.74) is 4.15. The minimum Gasteiger partial charge on any atom is -0.298 e. The fourth-order valence-electron chi connectivity index (χ4n) is 6.04. The number of hydrogen-bond acceptors (Lipinski definition) is 2. The highest BCUT2D eigenvalue weighted by Crippen LogP contribution is 2.52. The third-order valence-electron chi connectivity index (χ3n) is 7.54. The molecule has 0 N–H and O–H groups in total. The van der Waals surface area contributed by atoms with Crippen molar-refractivity contribution in [3.05, 3.63) is 113 Å². The maximum Gasteiger partial charge on any atom is 0.163 e. The Morgan fingerprint density at radius 3 is 1.78 bits per heavy atom. The molecule has 3 aliphatic rings. The molecule has 0 aromatic heterocycles. The molecule has 0 saturated carbocycles. The molecule has 4 aromatic rings. The van der Waals surface area contributed by atoms with Gasteiger partial charge in [-0.1, -0.05) is 78.9 Å². The Morgan fingerprint density at radius 2 is 1.09 bits per heavy atom. The molecule has 0 saturated heterocycles. The molecular formula is C30H20O2. The molecule has 0 heterocycles. The normalized spacial score (nSPS) is 25.4. The van der Waals surface area contributed by atoms with Crippen LogP contribution in [-0.4, -0.2) is 11.6 Å². The second-order valence-corrected chi connectivity index (χ2v) is 9.19. The number of fused-ring (bicyclic) bond motifs is 8. The minimum absolute atomic E-state index is 0.0295. The molecule has 0 amide bonds. The smallest absolute Gasteiger partial charge is 0.163 e. The summed E-state index contributed by atoms with van der Waals surface area (Å²) in [4.78, 5) is 27.5. The zero-order valence-electron chi connectivity index (χ0n) is 17.4. The van der Waals surface area contributed by atoms with Crippen molar-refractivity contribution in [3.8, 4) is 0 Å². The maximum atomic E-state index is 14.0. The summed E-state index contributed by atoms with van der Waals surface area (Å²) in [6.07, 6.45) is 7.87. The number of hydrogen-bond donors (Lipinski definition) is 0. The zero-order valence-corrected chi connectivity index (χ0v) is 17.4. The first kappa shape index (κ1) is 17.9. The fraction of sp³-hybridized carbons (Fsp3) is 0.133. The van der Waals surface area contributed by atoms with Gasteiger partial charge in [0.25, 0.3) is 0 Å². The van der Waals surface area contributed by atoms with Gasteiger partial charge in [0.2, 0.25) is 0 Å². The molecule has 0 aliphatic heterocycles. The van der Waals surface area contributed by atoms with Gasteiger partial charge in [-0.3, -0.25) is 9.59 Å². The Kier molecular flexibility index (Phi) is 3.55. The third kappa shape index (κ3) is 2.35. The molecule has 3 aliphatic carbocycles. The quantitative estimate of drug-likeness (QED) is 0.339. The van der Waals surface area contributed by atoms with Crippen molar-refractivity contribution in [3.63, 3.8) is 0 Å². The van der Waals surface area contributed by atoms with E-state index in [1.54, 1.807) is 6.08 Å². The zero-order chi connectivity index (χ0) is 21.4. The number of Topliss-reactive ketones (excluding diaryl/α,β-unsaturated/α-hetero) is 1. The summed E-state index contributed by atoms with van der Waals surface area (Å²) < 4.78 is 0. The number of ketones is 2. The molecule has 152 valence electrons. The Bertz CT molecular complexity index is 1540. The maximum absolute atomic E-state index is 14.0. The summed E-state index contributed by atoms with van der Waals surface area (Å²) in [7, 11) is 0. The molecule has 2 heteroatoms. The van der Waals surface area contributed by atoms with Gasteiger partial charge in [0.1, 0.15) is 5.78 Å². The first-order valence-electron chi connectivity index (χ1n) is 11.2. The van der Waals surface area contributed by atoms with E-state index in [0.29, 0.717) is 0 Å². The first-order valence-corrected chi connectivity index (χ1v) is 11.2. The van der Waals surface area contributed by atoms with Crippen molar-refractivity contribution in [1.29, 1.82) is 0 Å². The molecule has 32 heavy (non-hydrogen) atoms. The van der Waals surface area contributed by atoms with Gasteiger partial charge in [-0.05, 0) is 62.0 Å². The lowest BCUT2D eigenvalue weighted by Crippen LogP contribution is -2.29. The number of rotatable bonds is 0. The second-order valence-electron chi connectivity index (χ2n) is 9.19. The van der Waals surface area contributed by atoms with Crippen LogP contribution >= 0.6 is 0 Å². The highest BCUT2D eigenvalue weighted by Gasteiger charge is 2.47. The van der Waals surface area contributed by atoms with Crippen LogP contribution in [-0.2, 0) is 9.59 Å². The lowest BCUT2D eigenvalue weighted by molar-refractivity contribution is -0.127. The molecule has 4 atom stereocenters. The van der Waals surface area contributed by atoms with Gasteiger partial charge in [-0.15, -0.1) is 0 Å².